The summed E-state index contributed by atoms with van der Waals surface area (Å²) in [6.07, 6.45) is 6.48. The molecule has 1 saturated heterocycles. The summed E-state index contributed by atoms with van der Waals surface area (Å²) >= 11 is 1.40. The van der Waals surface area contributed by atoms with Crippen LogP contribution in [0.15, 0.2) is 36.7 Å². The molecule has 0 spiro atoms. The van der Waals surface area contributed by atoms with Crippen LogP contribution in [0.1, 0.15) is 47.5 Å². The molecule has 2 aliphatic heterocycles. The summed E-state index contributed by atoms with van der Waals surface area (Å²) in [5.74, 6) is 1.59. The first-order chi connectivity index (χ1) is 15.0. The maximum atomic E-state index is 12.5. The van der Waals surface area contributed by atoms with Crippen LogP contribution < -0.4 is 10.1 Å². The Bertz CT molecular complexity index is 1070. The van der Waals surface area contributed by atoms with Gasteiger partial charge < -0.3 is 10.1 Å². The van der Waals surface area contributed by atoms with Crippen LogP contribution in [0.4, 0.5) is 0 Å². The lowest BCUT2D eigenvalue weighted by Gasteiger charge is -2.32. The molecule has 162 valence electrons. The van der Waals surface area contributed by atoms with Gasteiger partial charge in [-0.25, -0.2) is 4.98 Å². The van der Waals surface area contributed by atoms with Gasteiger partial charge in [-0.2, -0.15) is 0 Å². The summed E-state index contributed by atoms with van der Waals surface area (Å²) in [5.41, 5.74) is 3.30. The smallest absolute Gasteiger partial charge is 0.261 e. The van der Waals surface area contributed by atoms with Crippen molar-refractivity contribution in [1.82, 2.24) is 20.2 Å². The molecule has 0 saturated carbocycles. The van der Waals surface area contributed by atoms with Gasteiger partial charge in [0.1, 0.15) is 21.7 Å². The summed E-state index contributed by atoms with van der Waals surface area (Å²) in [5, 5.41) is 3.11. The highest BCUT2D eigenvalue weighted by Crippen LogP contribution is 2.38. The van der Waals surface area contributed by atoms with Crippen molar-refractivity contribution >= 4 is 27.6 Å². The molecular formula is C24H28N4O2S. The molecule has 31 heavy (non-hydrogen) atoms. The number of amides is 1. The lowest BCUT2D eigenvalue weighted by atomic mass is 9.96. The molecule has 0 atom stereocenters. The van der Waals surface area contributed by atoms with E-state index in [-0.39, 0.29) is 11.5 Å². The minimum absolute atomic E-state index is 0.0214. The van der Waals surface area contributed by atoms with Crippen molar-refractivity contribution in [1.29, 1.82) is 0 Å². The molecule has 1 aromatic carbocycles. The molecule has 1 N–H and O–H groups in total. The van der Waals surface area contributed by atoms with E-state index in [4.69, 9.17) is 4.74 Å². The first kappa shape index (κ1) is 20.4. The van der Waals surface area contributed by atoms with Crippen LogP contribution in [0, 0.1) is 5.92 Å². The third-order valence-electron chi connectivity index (χ3n) is 6.21. The largest absolute Gasteiger partial charge is 0.487 e. The molecule has 0 aliphatic carbocycles. The Hall–Kier alpha value is -2.51. The summed E-state index contributed by atoms with van der Waals surface area (Å²) < 4.78 is 6.23. The average molecular weight is 437 g/mol. The zero-order chi connectivity index (χ0) is 21.4. The van der Waals surface area contributed by atoms with Gasteiger partial charge in [0.25, 0.3) is 5.91 Å². The van der Waals surface area contributed by atoms with E-state index in [2.05, 4.69) is 52.2 Å². The Morgan fingerprint density at radius 3 is 2.87 bits per heavy atom. The number of thiophene rings is 1. The van der Waals surface area contributed by atoms with Crippen LogP contribution >= 0.6 is 11.3 Å². The van der Waals surface area contributed by atoms with Crippen molar-refractivity contribution in [3.8, 4) is 5.75 Å². The molecule has 0 radical (unpaired) electrons. The van der Waals surface area contributed by atoms with Gasteiger partial charge in [-0.3, -0.25) is 14.7 Å². The number of likely N-dealkylation sites (tertiary alicyclic amines) is 1. The molecule has 1 amide bonds. The number of carbonyl (C=O) groups is 1. The maximum absolute atomic E-state index is 12.5. The SMILES string of the molecule is CC1(C)Cc2cccc(CN3CCC(CNC(=O)c4cc5nccnc5s4)CC3)c2O1. The van der Waals surface area contributed by atoms with Gasteiger partial charge in [-0.1, -0.05) is 18.2 Å². The van der Waals surface area contributed by atoms with E-state index in [9.17, 15) is 4.79 Å². The van der Waals surface area contributed by atoms with Crippen molar-refractivity contribution in [3.05, 3.63) is 52.7 Å². The molecule has 1 fully saturated rings. The minimum Gasteiger partial charge on any atom is -0.487 e. The fourth-order valence-electron chi connectivity index (χ4n) is 4.60. The lowest BCUT2D eigenvalue weighted by Crippen LogP contribution is -2.38. The highest BCUT2D eigenvalue weighted by molar-refractivity contribution is 7.20. The molecule has 2 aliphatic rings. The number of carbonyl (C=O) groups excluding carboxylic acids is 1. The fourth-order valence-corrected chi connectivity index (χ4v) is 5.47. The Kier molecular flexibility index (Phi) is 5.40. The standard InChI is InChI=1S/C24H28N4O2S/c1-24(2)13-17-4-3-5-18(21(17)30-24)15-28-10-6-16(7-11-28)14-27-22(29)20-12-19-23(31-20)26-9-8-25-19/h3-5,8-9,12,16H,6-7,10-11,13-15H2,1-2H3,(H,27,29). The number of nitrogens with one attached hydrogen (secondary N) is 1. The van der Waals surface area contributed by atoms with Crippen molar-refractivity contribution in [2.45, 2.75) is 45.3 Å². The van der Waals surface area contributed by atoms with Crippen LogP contribution in [0.3, 0.4) is 0 Å². The lowest BCUT2D eigenvalue weighted by molar-refractivity contribution is 0.0938. The predicted molar refractivity (Wildman–Crippen MR) is 123 cm³/mol. The van der Waals surface area contributed by atoms with Gasteiger partial charge in [-0.15, -0.1) is 11.3 Å². The number of para-hydroxylation sites is 1. The third-order valence-corrected chi connectivity index (χ3v) is 7.25. The van der Waals surface area contributed by atoms with Crippen molar-refractivity contribution < 1.29 is 9.53 Å². The number of aromatic nitrogens is 2. The quantitative estimate of drug-likeness (QED) is 0.654. The van der Waals surface area contributed by atoms with Gasteiger partial charge in [0.05, 0.1) is 4.88 Å². The second-order valence-corrected chi connectivity index (χ2v) is 10.3. The zero-order valence-corrected chi connectivity index (χ0v) is 18.9. The first-order valence-corrected chi connectivity index (χ1v) is 11.8. The summed E-state index contributed by atoms with van der Waals surface area (Å²) in [4.78, 5) is 25.1. The van der Waals surface area contributed by atoms with Crippen LogP contribution in [0.5, 0.6) is 5.75 Å². The molecule has 3 aromatic rings. The molecule has 0 unspecified atom stereocenters. The molecular weight excluding hydrogens is 408 g/mol. The van der Waals surface area contributed by atoms with Gasteiger partial charge in [0.15, 0.2) is 0 Å². The molecule has 0 bridgehead atoms. The monoisotopic (exact) mass is 436 g/mol. The van der Waals surface area contributed by atoms with E-state index in [1.54, 1.807) is 12.4 Å². The Morgan fingerprint density at radius 1 is 1.26 bits per heavy atom. The van der Waals surface area contributed by atoms with Crippen molar-refractivity contribution in [2.75, 3.05) is 19.6 Å². The van der Waals surface area contributed by atoms with E-state index >= 15 is 0 Å². The number of ether oxygens (including phenoxy) is 1. The van der Waals surface area contributed by atoms with Crippen LogP contribution in [-0.4, -0.2) is 46.0 Å². The van der Waals surface area contributed by atoms with Gasteiger partial charge in [0.2, 0.25) is 0 Å². The number of piperidine rings is 1. The minimum atomic E-state index is -0.107. The highest BCUT2D eigenvalue weighted by Gasteiger charge is 2.32. The maximum Gasteiger partial charge on any atom is 0.261 e. The summed E-state index contributed by atoms with van der Waals surface area (Å²) in [6, 6.07) is 8.36. The second-order valence-electron chi connectivity index (χ2n) is 9.23. The van der Waals surface area contributed by atoms with Gasteiger partial charge >= 0.3 is 0 Å². The van der Waals surface area contributed by atoms with Crippen molar-refractivity contribution in [2.24, 2.45) is 5.92 Å². The number of nitrogens with zero attached hydrogens (tertiary/aromatic N) is 3. The van der Waals surface area contributed by atoms with Gasteiger partial charge in [0, 0.05) is 37.5 Å². The molecule has 7 heteroatoms. The molecule has 6 nitrogen and oxygen atoms in total. The van der Waals surface area contributed by atoms with Crippen LogP contribution in [0.2, 0.25) is 0 Å². The Labute approximate surface area is 186 Å². The van der Waals surface area contributed by atoms with E-state index in [1.807, 2.05) is 6.07 Å². The van der Waals surface area contributed by atoms with Gasteiger partial charge in [-0.05, 0) is 57.3 Å². The Balaban J connectivity index is 1.12. The van der Waals surface area contributed by atoms with E-state index in [0.717, 1.165) is 61.5 Å². The number of rotatable bonds is 5. The normalized spacial score (nSPS) is 18.6. The van der Waals surface area contributed by atoms with Crippen LogP contribution in [0.25, 0.3) is 10.3 Å². The predicted octanol–water partition coefficient (Wildman–Crippen LogP) is 4.05. The van der Waals surface area contributed by atoms with E-state index in [0.29, 0.717) is 10.8 Å². The number of fused-ring (bicyclic) bond motifs is 2. The van der Waals surface area contributed by atoms with Crippen molar-refractivity contribution in [3.63, 3.8) is 0 Å². The summed E-state index contributed by atoms with van der Waals surface area (Å²) in [6.45, 7) is 8.05. The number of benzene rings is 1. The molecule has 2 aromatic heterocycles. The zero-order valence-electron chi connectivity index (χ0n) is 18.1. The number of hydrogen-bond donors (Lipinski definition) is 1. The fraction of sp³-hybridized carbons (Fsp3) is 0.458. The summed E-state index contributed by atoms with van der Waals surface area (Å²) in [7, 11) is 0. The van der Waals surface area contributed by atoms with Crippen LogP contribution in [-0.2, 0) is 13.0 Å². The third kappa shape index (κ3) is 4.43. The average Bonchev–Trinajstić information content (AvgIpc) is 3.33. The first-order valence-electron chi connectivity index (χ1n) is 11.0. The van der Waals surface area contributed by atoms with E-state index < -0.39 is 0 Å². The highest BCUT2D eigenvalue weighted by atomic mass is 32.1. The number of hydrogen-bond acceptors (Lipinski definition) is 6. The van der Waals surface area contributed by atoms with E-state index in [1.165, 1.54) is 22.5 Å². The molecule has 5 rings (SSSR count). The Morgan fingerprint density at radius 2 is 2.06 bits per heavy atom. The second kappa shape index (κ2) is 8.20. The topological polar surface area (TPSA) is 67.4 Å². The molecule has 4 heterocycles.